The monoisotopic (exact) mass is 244 g/mol. The van der Waals surface area contributed by atoms with Gasteiger partial charge < -0.3 is 20.1 Å². The second kappa shape index (κ2) is 7.63. The minimum absolute atomic E-state index is 0.114. The first-order chi connectivity index (χ1) is 8.22. The first-order valence-electron chi connectivity index (χ1n) is 6.33. The van der Waals surface area contributed by atoms with Crippen LogP contribution in [0.3, 0.4) is 0 Å². The zero-order valence-corrected chi connectivity index (χ0v) is 10.9. The Bertz CT molecular complexity index is 236. The molecule has 1 saturated heterocycles. The van der Waals surface area contributed by atoms with Gasteiger partial charge in [-0.15, -0.1) is 0 Å². The molecule has 1 amide bonds. The van der Waals surface area contributed by atoms with Gasteiger partial charge in [-0.05, 0) is 19.8 Å². The average molecular weight is 244 g/mol. The molecule has 0 aromatic heterocycles. The largest absolute Gasteiger partial charge is 0.381 e. The minimum Gasteiger partial charge on any atom is -0.381 e. The number of piperidine rings is 1. The molecule has 1 fully saturated rings. The van der Waals surface area contributed by atoms with Gasteiger partial charge in [-0.2, -0.15) is 0 Å². The van der Waals surface area contributed by atoms with Crippen LogP contribution in [0.15, 0.2) is 0 Å². The number of likely N-dealkylation sites (tertiary alicyclic amines) is 1. The molecule has 1 rings (SSSR count). The molecular formula is C12H24N2O3. The van der Waals surface area contributed by atoms with Gasteiger partial charge in [0.15, 0.2) is 0 Å². The van der Waals surface area contributed by atoms with Gasteiger partial charge in [0.05, 0.1) is 19.1 Å². The molecular weight excluding hydrogens is 220 g/mol. The molecule has 0 aromatic rings. The summed E-state index contributed by atoms with van der Waals surface area (Å²) in [5, 5.41) is 0. The lowest BCUT2D eigenvalue weighted by atomic mass is 9.99. The lowest BCUT2D eigenvalue weighted by Gasteiger charge is -2.38. The van der Waals surface area contributed by atoms with Crippen molar-refractivity contribution in [1.82, 2.24) is 4.90 Å². The van der Waals surface area contributed by atoms with E-state index < -0.39 is 0 Å². The van der Waals surface area contributed by atoms with Gasteiger partial charge in [0.2, 0.25) is 5.91 Å². The van der Waals surface area contributed by atoms with Crippen LogP contribution in [0.1, 0.15) is 26.2 Å². The molecule has 1 heterocycles. The first-order valence-corrected chi connectivity index (χ1v) is 6.33. The highest BCUT2D eigenvalue weighted by Crippen LogP contribution is 2.19. The quantitative estimate of drug-likeness (QED) is 0.686. The Morgan fingerprint density at radius 3 is 2.88 bits per heavy atom. The molecule has 5 nitrogen and oxygen atoms in total. The van der Waals surface area contributed by atoms with E-state index in [-0.39, 0.29) is 18.1 Å². The standard InChI is InChI=1S/C12H24N2O3/c1-3-17-7-5-12(15)14-6-4-11(16-2)8-10(14)9-13/h10-11H,3-9,13H2,1-2H3. The lowest BCUT2D eigenvalue weighted by molar-refractivity contribution is -0.137. The maximum atomic E-state index is 12.0. The smallest absolute Gasteiger partial charge is 0.225 e. The van der Waals surface area contributed by atoms with Crippen molar-refractivity contribution in [2.45, 2.75) is 38.3 Å². The fraction of sp³-hybridized carbons (Fsp3) is 0.917. The molecule has 0 aliphatic carbocycles. The normalized spacial score (nSPS) is 25.0. The zero-order valence-electron chi connectivity index (χ0n) is 10.9. The number of carbonyl (C=O) groups is 1. The Balaban J connectivity index is 2.43. The minimum atomic E-state index is 0.114. The number of ether oxygens (including phenoxy) is 2. The van der Waals surface area contributed by atoms with Crippen LogP contribution in [-0.4, -0.2) is 56.4 Å². The zero-order chi connectivity index (χ0) is 12.7. The molecule has 0 saturated carbocycles. The van der Waals surface area contributed by atoms with E-state index in [1.54, 1.807) is 7.11 Å². The Hall–Kier alpha value is -0.650. The maximum Gasteiger partial charge on any atom is 0.225 e. The Morgan fingerprint density at radius 1 is 1.53 bits per heavy atom. The molecule has 0 spiro atoms. The molecule has 2 N–H and O–H groups in total. The summed E-state index contributed by atoms with van der Waals surface area (Å²) in [6.07, 6.45) is 2.42. The molecule has 2 unspecified atom stereocenters. The molecule has 17 heavy (non-hydrogen) atoms. The maximum absolute atomic E-state index is 12.0. The molecule has 0 aromatic carbocycles. The molecule has 1 aliphatic rings. The van der Waals surface area contributed by atoms with Gasteiger partial charge in [-0.25, -0.2) is 0 Å². The number of amides is 1. The highest BCUT2D eigenvalue weighted by Gasteiger charge is 2.30. The number of methoxy groups -OCH3 is 1. The van der Waals surface area contributed by atoms with E-state index in [1.165, 1.54) is 0 Å². The number of rotatable bonds is 6. The van der Waals surface area contributed by atoms with E-state index in [4.69, 9.17) is 15.2 Å². The van der Waals surface area contributed by atoms with E-state index in [9.17, 15) is 4.79 Å². The van der Waals surface area contributed by atoms with Crippen LogP contribution in [-0.2, 0) is 14.3 Å². The van der Waals surface area contributed by atoms with E-state index >= 15 is 0 Å². The van der Waals surface area contributed by atoms with Crippen molar-refractivity contribution in [3.63, 3.8) is 0 Å². The van der Waals surface area contributed by atoms with Crippen molar-refractivity contribution < 1.29 is 14.3 Å². The third kappa shape index (κ3) is 4.26. The average Bonchev–Trinajstić information content (AvgIpc) is 2.38. The van der Waals surface area contributed by atoms with Gasteiger partial charge in [0.1, 0.15) is 0 Å². The topological polar surface area (TPSA) is 64.8 Å². The molecule has 100 valence electrons. The van der Waals surface area contributed by atoms with Gasteiger partial charge in [-0.1, -0.05) is 0 Å². The van der Waals surface area contributed by atoms with Gasteiger partial charge in [-0.3, -0.25) is 4.79 Å². The molecule has 1 aliphatic heterocycles. The van der Waals surface area contributed by atoms with Gasteiger partial charge in [0.25, 0.3) is 0 Å². The third-order valence-corrected chi connectivity index (χ3v) is 3.26. The van der Waals surface area contributed by atoms with Crippen molar-refractivity contribution in [2.75, 3.05) is 33.4 Å². The molecule has 5 heteroatoms. The van der Waals surface area contributed by atoms with Gasteiger partial charge >= 0.3 is 0 Å². The first kappa shape index (κ1) is 14.4. The van der Waals surface area contributed by atoms with Gasteiger partial charge in [0, 0.05) is 32.8 Å². The Labute approximate surface area is 103 Å². The van der Waals surface area contributed by atoms with Crippen LogP contribution in [0.25, 0.3) is 0 Å². The van der Waals surface area contributed by atoms with Crippen LogP contribution >= 0.6 is 0 Å². The van der Waals surface area contributed by atoms with Crippen molar-refractivity contribution in [3.05, 3.63) is 0 Å². The van der Waals surface area contributed by atoms with Crippen LogP contribution in [0, 0.1) is 0 Å². The predicted octanol–water partition coefficient (Wildman–Crippen LogP) is 0.378. The summed E-state index contributed by atoms with van der Waals surface area (Å²) < 4.78 is 10.5. The highest BCUT2D eigenvalue weighted by molar-refractivity contribution is 5.76. The SMILES string of the molecule is CCOCCC(=O)N1CCC(OC)CC1CN. The van der Waals surface area contributed by atoms with Crippen LogP contribution in [0.2, 0.25) is 0 Å². The summed E-state index contributed by atoms with van der Waals surface area (Å²) in [6, 6.07) is 0.114. The number of carbonyl (C=O) groups excluding carboxylic acids is 1. The van der Waals surface area contributed by atoms with Crippen molar-refractivity contribution in [3.8, 4) is 0 Å². The summed E-state index contributed by atoms with van der Waals surface area (Å²) in [5.74, 6) is 0.142. The van der Waals surface area contributed by atoms with E-state index in [2.05, 4.69) is 0 Å². The van der Waals surface area contributed by atoms with E-state index in [1.807, 2.05) is 11.8 Å². The lowest BCUT2D eigenvalue weighted by Crippen LogP contribution is -2.51. The van der Waals surface area contributed by atoms with Crippen molar-refractivity contribution in [1.29, 1.82) is 0 Å². The molecule has 0 radical (unpaired) electrons. The number of hydrogen-bond acceptors (Lipinski definition) is 4. The number of hydrogen-bond donors (Lipinski definition) is 1. The summed E-state index contributed by atoms with van der Waals surface area (Å²) in [4.78, 5) is 13.9. The van der Waals surface area contributed by atoms with Crippen LogP contribution in [0.4, 0.5) is 0 Å². The van der Waals surface area contributed by atoms with E-state index in [0.29, 0.717) is 26.2 Å². The number of nitrogens with two attached hydrogens (primary N) is 1. The summed E-state index contributed by atoms with van der Waals surface area (Å²) >= 11 is 0. The molecule has 2 atom stereocenters. The second-order valence-corrected chi connectivity index (χ2v) is 4.31. The van der Waals surface area contributed by atoms with Crippen molar-refractivity contribution in [2.24, 2.45) is 5.73 Å². The fourth-order valence-electron chi connectivity index (χ4n) is 2.23. The summed E-state index contributed by atoms with van der Waals surface area (Å²) in [7, 11) is 1.71. The summed E-state index contributed by atoms with van der Waals surface area (Å²) in [6.45, 7) is 4.32. The Kier molecular flexibility index (Phi) is 6.47. The van der Waals surface area contributed by atoms with Crippen LogP contribution < -0.4 is 5.73 Å². The Morgan fingerprint density at radius 2 is 2.29 bits per heavy atom. The molecule has 0 bridgehead atoms. The highest BCUT2D eigenvalue weighted by atomic mass is 16.5. The second-order valence-electron chi connectivity index (χ2n) is 4.31. The van der Waals surface area contributed by atoms with Crippen molar-refractivity contribution >= 4 is 5.91 Å². The summed E-state index contributed by atoms with van der Waals surface area (Å²) in [5.41, 5.74) is 5.72. The van der Waals surface area contributed by atoms with E-state index in [0.717, 1.165) is 19.4 Å². The number of nitrogens with zero attached hydrogens (tertiary/aromatic N) is 1. The third-order valence-electron chi connectivity index (χ3n) is 3.26. The fourth-order valence-corrected chi connectivity index (χ4v) is 2.23. The van der Waals surface area contributed by atoms with Crippen LogP contribution in [0.5, 0.6) is 0 Å². The predicted molar refractivity (Wildman–Crippen MR) is 65.7 cm³/mol.